The van der Waals surface area contributed by atoms with Crippen molar-refractivity contribution in [3.8, 4) is 0 Å². The number of hydrogen-bond donors (Lipinski definition) is 2. The molecule has 0 radical (unpaired) electrons. The van der Waals surface area contributed by atoms with Crippen molar-refractivity contribution in [2.75, 3.05) is 26.9 Å². The topological polar surface area (TPSA) is 148 Å². The molecule has 1 aromatic rings. The summed E-state index contributed by atoms with van der Waals surface area (Å²) in [7, 11) is -3.22. The van der Waals surface area contributed by atoms with E-state index in [-0.39, 0.29) is 13.0 Å². The number of aromatic amines is 1. The van der Waals surface area contributed by atoms with Gasteiger partial charge in [-0.1, -0.05) is 181 Å². The predicted octanol–water partition coefficient (Wildman–Crippen LogP) is 11.6. The molecule has 0 bridgehead atoms. The summed E-state index contributed by atoms with van der Waals surface area (Å²) in [5.74, 6) is 0. The Hall–Kier alpha value is -1.37. The number of hydrogen-bond acceptors (Lipinski definition) is 9. The van der Waals surface area contributed by atoms with Crippen molar-refractivity contribution in [2.24, 2.45) is 0 Å². The molecule has 1 aliphatic rings. The third kappa shape index (κ3) is 25.1. The zero-order valence-electron chi connectivity index (χ0n) is 36.5. The van der Waals surface area contributed by atoms with Crippen molar-refractivity contribution in [1.82, 2.24) is 9.55 Å². The Kier molecular flexibility index (Phi) is 30.3. The third-order valence-electron chi connectivity index (χ3n) is 11.1. The van der Waals surface area contributed by atoms with Crippen molar-refractivity contribution >= 4 is 7.82 Å². The normalized spacial score (nSPS) is 18.2. The Bertz CT molecular complexity index is 1240. The Morgan fingerprint density at radius 3 is 1.53 bits per heavy atom. The quantitative estimate of drug-likeness (QED) is 0.0373. The highest BCUT2D eigenvalue weighted by atomic mass is 31.2. The lowest BCUT2D eigenvalue weighted by Crippen LogP contribution is -2.35. The van der Waals surface area contributed by atoms with Gasteiger partial charge in [0.2, 0.25) is 0 Å². The van der Waals surface area contributed by atoms with Crippen LogP contribution in [-0.4, -0.2) is 60.1 Å². The number of aromatic nitrogens is 2. The number of phosphoric acid groups is 1. The number of phosphoric ester groups is 1. The zero-order chi connectivity index (χ0) is 41.4. The SMILES string of the molecule is CCCCCCCCCCCCCCCCOC(OCCCCCCCCCCCCCCCC)OC1C[C@H](n2cc(C)c(=O)[nH]c2=O)O[C@@H]1COP(=O)(O)OC. The van der Waals surface area contributed by atoms with Gasteiger partial charge in [0, 0.05) is 25.3 Å². The van der Waals surface area contributed by atoms with Gasteiger partial charge in [0.25, 0.3) is 12.0 Å². The van der Waals surface area contributed by atoms with Crippen LogP contribution in [0.5, 0.6) is 0 Å². The first-order valence-electron chi connectivity index (χ1n) is 23.1. The Morgan fingerprint density at radius 2 is 1.12 bits per heavy atom. The van der Waals surface area contributed by atoms with Crippen molar-refractivity contribution < 1.29 is 37.5 Å². The molecule has 1 aromatic heterocycles. The van der Waals surface area contributed by atoms with Crippen LogP contribution >= 0.6 is 7.82 Å². The van der Waals surface area contributed by atoms with E-state index in [9.17, 15) is 19.0 Å². The minimum atomic E-state index is -4.31. The summed E-state index contributed by atoms with van der Waals surface area (Å²) in [6.07, 6.45) is 34.9. The second kappa shape index (κ2) is 33.4. The summed E-state index contributed by atoms with van der Waals surface area (Å²) in [6.45, 7) is 5.75. The third-order valence-corrected chi connectivity index (χ3v) is 12.0. The molecular weight excluding hydrogens is 747 g/mol. The molecule has 2 unspecified atom stereocenters. The number of rotatable bonds is 39. The van der Waals surface area contributed by atoms with E-state index < -0.39 is 44.0 Å². The lowest BCUT2D eigenvalue weighted by atomic mass is 10.0. The van der Waals surface area contributed by atoms with Gasteiger partial charge in [-0.3, -0.25) is 23.4 Å². The first-order chi connectivity index (χ1) is 27.7. The van der Waals surface area contributed by atoms with Crippen molar-refractivity contribution in [2.45, 2.75) is 232 Å². The number of aryl methyl sites for hydroxylation is 1. The van der Waals surface area contributed by atoms with Crippen LogP contribution in [0.4, 0.5) is 0 Å². The fourth-order valence-electron chi connectivity index (χ4n) is 7.41. The number of ether oxygens (including phenoxy) is 4. The summed E-state index contributed by atoms with van der Waals surface area (Å²) in [5, 5.41) is 0. The molecule has 13 heteroatoms. The average Bonchev–Trinajstić information content (AvgIpc) is 3.60. The minimum absolute atomic E-state index is 0.197. The molecule has 0 aliphatic carbocycles. The highest BCUT2D eigenvalue weighted by Crippen LogP contribution is 2.43. The Balaban J connectivity index is 1.84. The molecule has 4 atom stereocenters. The van der Waals surface area contributed by atoms with Crippen LogP contribution < -0.4 is 11.2 Å². The van der Waals surface area contributed by atoms with Gasteiger partial charge in [-0.15, -0.1) is 0 Å². The maximum absolute atomic E-state index is 12.7. The van der Waals surface area contributed by atoms with Crippen LogP contribution in [0.25, 0.3) is 0 Å². The minimum Gasteiger partial charge on any atom is -0.349 e. The van der Waals surface area contributed by atoms with E-state index in [2.05, 4.69) is 23.4 Å². The first kappa shape index (κ1) is 51.8. The maximum Gasteiger partial charge on any atom is 0.472 e. The first-order valence-corrected chi connectivity index (χ1v) is 24.6. The molecule has 12 nitrogen and oxygen atoms in total. The molecule has 334 valence electrons. The average molecular weight is 831 g/mol. The number of H-pyrrole nitrogens is 1. The Morgan fingerprint density at radius 1 is 0.719 bits per heavy atom. The highest BCUT2D eigenvalue weighted by molar-refractivity contribution is 7.47. The van der Waals surface area contributed by atoms with Gasteiger partial charge in [0.15, 0.2) is 0 Å². The monoisotopic (exact) mass is 831 g/mol. The molecule has 2 rings (SSSR count). The molecule has 2 N–H and O–H groups in total. The summed E-state index contributed by atoms with van der Waals surface area (Å²) in [4.78, 5) is 37.0. The Labute approximate surface area is 345 Å². The van der Waals surface area contributed by atoms with E-state index in [0.717, 1.165) is 45.6 Å². The van der Waals surface area contributed by atoms with Gasteiger partial charge in [-0.05, 0) is 19.8 Å². The van der Waals surface area contributed by atoms with Crippen LogP contribution in [0.3, 0.4) is 0 Å². The molecule has 0 aromatic carbocycles. The van der Waals surface area contributed by atoms with Gasteiger partial charge in [0.1, 0.15) is 12.3 Å². The van der Waals surface area contributed by atoms with E-state index >= 15 is 0 Å². The van der Waals surface area contributed by atoms with Gasteiger partial charge in [-0.25, -0.2) is 9.36 Å². The maximum atomic E-state index is 12.7. The van der Waals surface area contributed by atoms with Crippen LogP contribution in [0, 0.1) is 6.92 Å². The van der Waals surface area contributed by atoms with Crippen LogP contribution in [0.2, 0.25) is 0 Å². The van der Waals surface area contributed by atoms with E-state index in [1.165, 1.54) is 152 Å². The van der Waals surface area contributed by atoms with Crippen LogP contribution in [0.1, 0.15) is 212 Å². The van der Waals surface area contributed by atoms with E-state index in [0.29, 0.717) is 18.8 Å². The molecule has 57 heavy (non-hydrogen) atoms. The van der Waals surface area contributed by atoms with E-state index in [1.54, 1.807) is 6.92 Å². The zero-order valence-corrected chi connectivity index (χ0v) is 37.4. The molecule has 1 saturated heterocycles. The van der Waals surface area contributed by atoms with Crippen molar-refractivity contribution in [1.29, 1.82) is 0 Å². The highest BCUT2D eigenvalue weighted by Gasteiger charge is 2.41. The van der Waals surface area contributed by atoms with Gasteiger partial charge < -0.3 is 23.8 Å². The van der Waals surface area contributed by atoms with Gasteiger partial charge in [-0.2, -0.15) is 0 Å². The summed E-state index contributed by atoms with van der Waals surface area (Å²) in [6, 6.07) is 0. The fourth-order valence-corrected chi connectivity index (χ4v) is 7.85. The fraction of sp³-hybridized carbons (Fsp3) is 0.909. The lowest BCUT2D eigenvalue weighted by molar-refractivity contribution is -0.309. The smallest absolute Gasteiger partial charge is 0.349 e. The van der Waals surface area contributed by atoms with E-state index in [4.69, 9.17) is 23.5 Å². The molecule has 2 heterocycles. The van der Waals surface area contributed by atoms with Crippen LogP contribution in [-0.2, 0) is 32.6 Å². The summed E-state index contributed by atoms with van der Waals surface area (Å²) >= 11 is 0. The molecule has 1 aliphatic heterocycles. The van der Waals surface area contributed by atoms with E-state index in [1.807, 2.05) is 0 Å². The second-order valence-electron chi connectivity index (χ2n) is 16.2. The second-order valence-corrected chi connectivity index (χ2v) is 17.7. The molecule has 1 fully saturated rings. The summed E-state index contributed by atoms with van der Waals surface area (Å²) < 4.78 is 48.0. The lowest BCUT2D eigenvalue weighted by Gasteiger charge is -2.25. The van der Waals surface area contributed by atoms with Crippen molar-refractivity contribution in [3.63, 3.8) is 0 Å². The number of unbranched alkanes of at least 4 members (excludes halogenated alkanes) is 26. The van der Waals surface area contributed by atoms with Crippen molar-refractivity contribution in [3.05, 3.63) is 32.6 Å². The predicted molar refractivity (Wildman–Crippen MR) is 229 cm³/mol. The van der Waals surface area contributed by atoms with Gasteiger partial charge in [0.05, 0.1) is 25.9 Å². The molecular formula is C44H83N2O10P. The number of nitrogens with zero attached hydrogens (tertiary/aromatic N) is 1. The summed E-state index contributed by atoms with van der Waals surface area (Å²) in [5.41, 5.74) is -0.752. The largest absolute Gasteiger partial charge is 0.472 e. The molecule has 0 spiro atoms. The molecule has 0 saturated carbocycles. The number of nitrogens with one attached hydrogen (secondary N) is 1. The van der Waals surface area contributed by atoms with Crippen LogP contribution in [0.15, 0.2) is 15.8 Å². The molecule has 0 amide bonds. The standard InChI is InChI=1S/C44H83N2O10P/c1-5-7-9-11-13-15-17-19-21-23-25-27-29-31-33-52-44(53-34-32-30-28-26-24-22-20-18-16-14-12-10-8-6-2)56-39-35-41(46-36-38(3)42(47)45-43(46)48)55-40(39)37-54-57(49,50)51-4/h36,39-41,44H,5-35,37H2,1-4H3,(H,49,50)(H,45,47,48)/t39?,40-,41-/m1/s1. The van der Waals surface area contributed by atoms with Gasteiger partial charge >= 0.3 is 13.5 Å².